The monoisotopic (exact) mass is 356 g/mol. The van der Waals surface area contributed by atoms with E-state index in [0.29, 0.717) is 19.3 Å². The van der Waals surface area contributed by atoms with E-state index < -0.39 is 11.5 Å². The highest BCUT2D eigenvalue weighted by Crippen LogP contribution is 2.25. The number of hydrogen-bond acceptors (Lipinski definition) is 7. The molecular formula is C15H17ClN2O6. The summed E-state index contributed by atoms with van der Waals surface area (Å²) < 4.78 is 16.2. The molecule has 1 heterocycles. The van der Waals surface area contributed by atoms with E-state index in [4.69, 9.17) is 25.8 Å². The Morgan fingerprint density at radius 3 is 2.75 bits per heavy atom. The number of aromatic nitrogens is 2. The van der Waals surface area contributed by atoms with Gasteiger partial charge in [0.15, 0.2) is 11.5 Å². The van der Waals surface area contributed by atoms with E-state index in [1.54, 1.807) is 0 Å². The Balaban J connectivity index is 2.27. The smallest absolute Gasteiger partial charge is 0.365 e. The Morgan fingerprint density at radius 1 is 1.33 bits per heavy atom. The fraction of sp³-hybridized carbons (Fsp3) is 0.467. The molecule has 0 aliphatic heterocycles. The van der Waals surface area contributed by atoms with Crippen molar-refractivity contribution >= 4 is 23.4 Å². The van der Waals surface area contributed by atoms with Gasteiger partial charge in [0, 0.05) is 33.1 Å². The highest BCUT2D eigenvalue weighted by atomic mass is 35.5. The molecular weight excluding hydrogens is 340 g/mol. The summed E-state index contributed by atoms with van der Waals surface area (Å²) in [6.45, 7) is 0.334. The number of methoxy groups -OCH3 is 1. The molecule has 8 nitrogen and oxygen atoms in total. The maximum atomic E-state index is 12.3. The number of carbonyl (C=O) groups excluding carboxylic acids is 2. The van der Waals surface area contributed by atoms with Gasteiger partial charge in [0.2, 0.25) is 5.75 Å². The zero-order chi connectivity index (χ0) is 17.7. The molecule has 0 bridgehead atoms. The van der Waals surface area contributed by atoms with Crippen LogP contribution in [0.5, 0.6) is 5.75 Å². The quantitative estimate of drug-likeness (QED) is 0.559. The van der Waals surface area contributed by atoms with E-state index in [2.05, 4.69) is 5.10 Å². The second-order valence-corrected chi connectivity index (χ2v) is 5.46. The summed E-state index contributed by atoms with van der Waals surface area (Å²) in [7, 11) is 2.85. The molecule has 0 saturated heterocycles. The van der Waals surface area contributed by atoms with E-state index in [-0.39, 0.29) is 41.2 Å². The molecule has 0 aromatic carbocycles. The summed E-state index contributed by atoms with van der Waals surface area (Å²) >= 11 is 6.08. The van der Waals surface area contributed by atoms with E-state index in [0.717, 1.165) is 4.68 Å². The number of aryl methyl sites for hydroxylation is 1. The first-order chi connectivity index (χ1) is 11.4. The van der Waals surface area contributed by atoms with Gasteiger partial charge in [-0.2, -0.15) is 5.10 Å². The average Bonchev–Trinajstić information content (AvgIpc) is 2.54. The summed E-state index contributed by atoms with van der Waals surface area (Å²) in [5.74, 6) is -0.906. The van der Waals surface area contributed by atoms with Crippen LogP contribution in [0.15, 0.2) is 16.6 Å². The number of esters is 1. The predicted octanol–water partition coefficient (Wildman–Crippen LogP) is 1.25. The lowest BCUT2D eigenvalue weighted by molar-refractivity contribution is -0.115. The summed E-state index contributed by atoms with van der Waals surface area (Å²) in [6.07, 6.45) is 2.79. The molecule has 1 aromatic rings. The molecule has 2 rings (SSSR count). The van der Waals surface area contributed by atoms with Gasteiger partial charge in [-0.05, 0) is 6.42 Å². The van der Waals surface area contributed by atoms with Gasteiger partial charge >= 0.3 is 11.5 Å². The summed E-state index contributed by atoms with van der Waals surface area (Å²) in [4.78, 5) is 35.7. The summed E-state index contributed by atoms with van der Waals surface area (Å²) in [5, 5.41) is 3.59. The zero-order valence-corrected chi connectivity index (χ0v) is 14.1. The molecule has 1 aromatic heterocycles. The zero-order valence-electron chi connectivity index (χ0n) is 13.3. The number of carbonyl (C=O) groups is 2. The van der Waals surface area contributed by atoms with Crippen LogP contribution in [0.2, 0.25) is 5.02 Å². The van der Waals surface area contributed by atoms with Crippen LogP contribution in [0.25, 0.3) is 0 Å². The van der Waals surface area contributed by atoms with Gasteiger partial charge < -0.3 is 14.2 Å². The molecule has 0 atom stereocenters. The van der Waals surface area contributed by atoms with Crippen molar-refractivity contribution in [2.75, 3.05) is 20.3 Å². The minimum absolute atomic E-state index is 0.0869. The second-order valence-electron chi connectivity index (χ2n) is 5.08. The number of ether oxygens (including phenoxy) is 3. The largest absolute Gasteiger partial charge is 0.484 e. The first-order valence-corrected chi connectivity index (χ1v) is 7.66. The maximum Gasteiger partial charge on any atom is 0.365 e. The molecule has 9 heteroatoms. The highest BCUT2D eigenvalue weighted by molar-refractivity contribution is 6.34. The van der Waals surface area contributed by atoms with Crippen molar-refractivity contribution < 1.29 is 23.8 Å². The van der Waals surface area contributed by atoms with Gasteiger partial charge in [-0.1, -0.05) is 11.6 Å². The SMILES string of the molecule is COCCOc1c(Cl)c(C(=O)OC2=CC(=O)CCC2)nn(C)c1=O. The Labute approximate surface area is 142 Å². The molecule has 0 amide bonds. The van der Waals surface area contributed by atoms with Gasteiger partial charge in [0.05, 0.1) is 6.61 Å². The highest BCUT2D eigenvalue weighted by Gasteiger charge is 2.24. The van der Waals surface area contributed by atoms with Crippen molar-refractivity contribution in [3.8, 4) is 5.75 Å². The molecule has 0 fully saturated rings. The third-order valence-corrected chi connectivity index (χ3v) is 3.62. The van der Waals surface area contributed by atoms with Crippen LogP contribution in [0, 0.1) is 0 Å². The molecule has 0 spiro atoms. The van der Waals surface area contributed by atoms with Crippen LogP contribution in [-0.4, -0.2) is 41.9 Å². The third-order valence-electron chi connectivity index (χ3n) is 3.26. The van der Waals surface area contributed by atoms with Gasteiger partial charge in [-0.25, -0.2) is 9.48 Å². The van der Waals surface area contributed by atoms with Crippen LogP contribution in [-0.2, 0) is 21.3 Å². The Hall–Kier alpha value is -2.19. The number of halogens is 1. The Morgan fingerprint density at radius 2 is 2.08 bits per heavy atom. The van der Waals surface area contributed by atoms with Crippen LogP contribution < -0.4 is 10.3 Å². The average molecular weight is 357 g/mol. The lowest BCUT2D eigenvalue weighted by Crippen LogP contribution is -2.26. The normalized spacial score (nSPS) is 14.3. The minimum atomic E-state index is -0.854. The van der Waals surface area contributed by atoms with Crippen molar-refractivity contribution in [2.24, 2.45) is 7.05 Å². The minimum Gasteiger partial charge on any atom is -0.484 e. The van der Waals surface area contributed by atoms with Gasteiger partial charge in [-0.3, -0.25) is 9.59 Å². The van der Waals surface area contributed by atoms with Crippen molar-refractivity contribution in [3.05, 3.63) is 32.9 Å². The number of allylic oxidation sites excluding steroid dienone is 2. The van der Waals surface area contributed by atoms with Crippen LogP contribution in [0.3, 0.4) is 0 Å². The summed E-state index contributed by atoms with van der Waals surface area (Å²) in [5.41, 5.74) is -0.843. The van der Waals surface area contributed by atoms with Crippen molar-refractivity contribution in [1.29, 1.82) is 0 Å². The first kappa shape index (κ1) is 18.2. The van der Waals surface area contributed by atoms with Crippen LogP contribution in [0.1, 0.15) is 29.8 Å². The Kier molecular flexibility index (Phi) is 6.10. The molecule has 0 saturated carbocycles. The molecule has 0 unspecified atom stereocenters. The standard InChI is InChI=1S/C15H17ClN2O6/c1-18-14(20)13(23-7-6-22-2)11(16)12(17-18)15(21)24-10-5-3-4-9(19)8-10/h8H,3-7H2,1-2H3. The van der Waals surface area contributed by atoms with E-state index in [1.165, 1.54) is 20.2 Å². The second kappa shape index (κ2) is 8.07. The molecule has 0 N–H and O–H groups in total. The van der Waals surface area contributed by atoms with E-state index >= 15 is 0 Å². The van der Waals surface area contributed by atoms with Gasteiger partial charge in [0.1, 0.15) is 17.4 Å². The van der Waals surface area contributed by atoms with Crippen LogP contribution >= 0.6 is 11.6 Å². The molecule has 130 valence electrons. The van der Waals surface area contributed by atoms with Crippen LogP contribution in [0.4, 0.5) is 0 Å². The molecule has 1 aliphatic rings. The lowest BCUT2D eigenvalue weighted by atomic mass is 10.1. The van der Waals surface area contributed by atoms with E-state index in [9.17, 15) is 14.4 Å². The van der Waals surface area contributed by atoms with Crippen molar-refractivity contribution in [3.63, 3.8) is 0 Å². The molecule has 1 aliphatic carbocycles. The first-order valence-electron chi connectivity index (χ1n) is 7.28. The predicted molar refractivity (Wildman–Crippen MR) is 84.2 cm³/mol. The number of nitrogens with zero attached hydrogens (tertiary/aromatic N) is 2. The summed E-state index contributed by atoms with van der Waals surface area (Å²) in [6, 6.07) is 0. The van der Waals surface area contributed by atoms with Gasteiger partial charge in [0.25, 0.3) is 0 Å². The fourth-order valence-electron chi connectivity index (χ4n) is 2.08. The van der Waals surface area contributed by atoms with Crippen molar-refractivity contribution in [2.45, 2.75) is 19.3 Å². The molecule has 0 radical (unpaired) electrons. The number of hydrogen-bond donors (Lipinski definition) is 0. The third kappa shape index (κ3) is 4.21. The number of rotatable bonds is 6. The molecule has 24 heavy (non-hydrogen) atoms. The van der Waals surface area contributed by atoms with Gasteiger partial charge in [-0.15, -0.1) is 0 Å². The number of ketones is 1. The maximum absolute atomic E-state index is 12.3. The topological polar surface area (TPSA) is 96.7 Å². The van der Waals surface area contributed by atoms with Crippen molar-refractivity contribution in [1.82, 2.24) is 9.78 Å². The Bertz CT molecular complexity index is 740. The fourth-order valence-corrected chi connectivity index (χ4v) is 2.33. The lowest BCUT2D eigenvalue weighted by Gasteiger charge is -2.14. The van der Waals surface area contributed by atoms with E-state index in [1.807, 2.05) is 0 Å².